The molecule has 28 heavy (non-hydrogen) atoms. The van der Waals surface area contributed by atoms with Crippen LogP contribution in [0.3, 0.4) is 0 Å². The van der Waals surface area contributed by atoms with Gasteiger partial charge in [0.05, 0.1) is 0 Å². The Morgan fingerprint density at radius 2 is 1.64 bits per heavy atom. The van der Waals surface area contributed by atoms with Crippen molar-refractivity contribution in [2.45, 2.75) is 32.1 Å². The Balaban J connectivity index is 1.49. The molecule has 2 aromatic carbocycles. The van der Waals surface area contributed by atoms with E-state index in [1.54, 1.807) is 0 Å². The minimum atomic E-state index is -0.586. The minimum absolute atomic E-state index is 0.115. The topological polar surface area (TPSA) is 55.8 Å². The number of amides is 1. The van der Waals surface area contributed by atoms with Gasteiger partial charge in [-0.05, 0) is 37.3 Å². The molecule has 0 atom stereocenters. The van der Waals surface area contributed by atoms with Gasteiger partial charge in [-0.25, -0.2) is 0 Å². The van der Waals surface area contributed by atoms with Gasteiger partial charge in [-0.15, -0.1) is 0 Å². The van der Waals surface area contributed by atoms with Crippen molar-refractivity contribution in [2.24, 2.45) is 5.92 Å². The number of para-hydroxylation sites is 2. The van der Waals surface area contributed by atoms with Crippen molar-refractivity contribution in [3.63, 3.8) is 0 Å². The Labute approximate surface area is 165 Å². The number of benzene rings is 2. The van der Waals surface area contributed by atoms with Gasteiger partial charge in [0, 0.05) is 24.2 Å². The molecule has 0 unspecified atom stereocenters. The molecule has 146 valence electrons. The Morgan fingerprint density at radius 1 is 1.04 bits per heavy atom. The molecule has 0 aromatic heterocycles. The largest absolute Gasteiger partial charge is 0.457 e. The van der Waals surface area contributed by atoms with Crippen LogP contribution in [0, 0.1) is 5.92 Å². The van der Waals surface area contributed by atoms with Crippen molar-refractivity contribution < 1.29 is 19.1 Å². The first-order valence-corrected chi connectivity index (χ1v) is 9.97. The van der Waals surface area contributed by atoms with Crippen LogP contribution in [0.1, 0.15) is 43.2 Å². The van der Waals surface area contributed by atoms with Crippen LogP contribution in [0.4, 0.5) is 0 Å². The summed E-state index contributed by atoms with van der Waals surface area (Å²) < 4.78 is 11.4. The summed E-state index contributed by atoms with van der Waals surface area (Å²) in [6.45, 7) is 3.31. The first kappa shape index (κ1) is 18.5. The molecule has 0 radical (unpaired) electrons. The van der Waals surface area contributed by atoms with Gasteiger partial charge < -0.3 is 14.4 Å². The van der Waals surface area contributed by atoms with Crippen LogP contribution in [-0.2, 0) is 14.3 Å². The maximum atomic E-state index is 13.0. The predicted octanol–water partition coefficient (Wildman–Crippen LogP) is 4.12. The van der Waals surface area contributed by atoms with Crippen molar-refractivity contribution >= 4 is 11.9 Å². The SMILES string of the molecule is CCCN(CC1CC1)C(=O)COC(=O)C1c2ccccc2Oc2ccccc21. The molecule has 2 aromatic rings. The van der Waals surface area contributed by atoms with Gasteiger partial charge in [-0.3, -0.25) is 9.59 Å². The molecule has 1 aliphatic heterocycles. The van der Waals surface area contributed by atoms with E-state index in [1.165, 1.54) is 12.8 Å². The van der Waals surface area contributed by atoms with Gasteiger partial charge in [0.25, 0.3) is 5.91 Å². The molecule has 0 N–H and O–H groups in total. The molecule has 5 heteroatoms. The number of carbonyl (C=O) groups is 2. The Hall–Kier alpha value is -2.82. The summed E-state index contributed by atoms with van der Waals surface area (Å²) in [6, 6.07) is 14.9. The van der Waals surface area contributed by atoms with E-state index in [2.05, 4.69) is 6.92 Å². The number of esters is 1. The fourth-order valence-corrected chi connectivity index (χ4v) is 3.67. The Bertz CT molecular complexity index is 829. The van der Waals surface area contributed by atoms with E-state index in [9.17, 15) is 9.59 Å². The average Bonchev–Trinajstić information content (AvgIpc) is 3.53. The average molecular weight is 379 g/mol. The molecule has 4 rings (SSSR count). The number of fused-ring (bicyclic) bond motifs is 2. The van der Waals surface area contributed by atoms with Gasteiger partial charge in [0.15, 0.2) is 6.61 Å². The summed E-state index contributed by atoms with van der Waals surface area (Å²) >= 11 is 0. The predicted molar refractivity (Wildman–Crippen MR) is 105 cm³/mol. The van der Waals surface area contributed by atoms with Crippen LogP contribution in [0.15, 0.2) is 48.5 Å². The summed E-state index contributed by atoms with van der Waals surface area (Å²) in [5, 5.41) is 0. The molecule has 1 aliphatic carbocycles. The number of hydrogen-bond donors (Lipinski definition) is 0. The van der Waals surface area contributed by atoms with Gasteiger partial charge in [0.1, 0.15) is 17.4 Å². The van der Waals surface area contributed by atoms with Crippen LogP contribution in [-0.4, -0.2) is 36.5 Å². The first-order valence-electron chi connectivity index (χ1n) is 9.97. The van der Waals surface area contributed by atoms with E-state index >= 15 is 0 Å². The fraction of sp³-hybridized carbons (Fsp3) is 0.391. The van der Waals surface area contributed by atoms with Crippen molar-refractivity contribution in [2.75, 3.05) is 19.7 Å². The molecule has 0 saturated heterocycles. The van der Waals surface area contributed by atoms with Gasteiger partial charge >= 0.3 is 5.97 Å². The zero-order valence-corrected chi connectivity index (χ0v) is 16.1. The summed E-state index contributed by atoms with van der Waals surface area (Å²) in [5.74, 6) is 0.791. The zero-order valence-electron chi connectivity index (χ0n) is 16.1. The highest BCUT2D eigenvalue weighted by Gasteiger charge is 2.34. The second-order valence-electron chi connectivity index (χ2n) is 7.50. The zero-order chi connectivity index (χ0) is 19.5. The highest BCUT2D eigenvalue weighted by Crippen LogP contribution is 2.44. The highest BCUT2D eigenvalue weighted by atomic mass is 16.5. The number of nitrogens with zero attached hydrogens (tertiary/aromatic N) is 1. The lowest BCUT2D eigenvalue weighted by molar-refractivity contribution is -0.152. The number of carbonyl (C=O) groups excluding carboxylic acids is 2. The van der Waals surface area contributed by atoms with Crippen LogP contribution >= 0.6 is 0 Å². The monoisotopic (exact) mass is 379 g/mol. The lowest BCUT2D eigenvalue weighted by Crippen LogP contribution is -2.37. The van der Waals surface area contributed by atoms with E-state index in [0.717, 1.165) is 24.1 Å². The molecular formula is C23H25NO4. The first-order chi connectivity index (χ1) is 13.7. The van der Waals surface area contributed by atoms with Crippen LogP contribution in [0.5, 0.6) is 11.5 Å². The molecule has 0 bridgehead atoms. The van der Waals surface area contributed by atoms with Crippen molar-refractivity contribution in [3.8, 4) is 11.5 Å². The second kappa shape index (κ2) is 8.05. The van der Waals surface area contributed by atoms with Gasteiger partial charge in [0.2, 0.25) is 0 Å². The summed E-state index contributed by atoms with van der Waals surface area (Å²) in [6.07, 6.45) is 3.26. The van der Waals surface area contributed by atoms with E-state index in [1.807, 2.05) is 53.4 Å². The molecule has 2 aliphatic rings. The summed E-state index contributed by atoms with van der Waals surface area (Å²) in [7, 11) is 0. The number of ether oxygens (including phenoxy) is 2. The molecule has 1 fully saturated rings. The lowest BCUT2D eigenvalue weighted by Gasteiger charge is -2.27. The van der Waals surface area contributed by atoms with Crippen LogP contribution < -0.4 is 4.74 Å². The molecular weight excluding hydrogens is 354 g/mol. The summed E-state index contributed by atoms with van der Waals surface area (Å²) in [5.41, 5.74) is 1.53. The third-order valence-electron chi connectivity index (χ3n) is 5.28. The molecule has 5 nitrogen and oxygen atoms in total. The Morgan fingerprint density at radius 3 is 2.21 bits per heavy atom. The highest BCUT2D eigenvalue weighted by molar-refractivity contribution is 5.87. The van der Waals surface area contributed by atoms with E-state index in [-0.39, 0.29) is 12.5 Å². The normalized spacial score (nSPS) is 15.2. The van der Waals surface area contributed by atoms with E-state index in [0.29, 0.717) is 24.0 Å². The van der Waals surface area contributed by atoms with E-state index < -0.39 is 11.9 Å². The van der Waals surface area contributed by atoms with Crippen molar-refractivity contribution in [3.05, 3.63) is 59.7 Å². The smallest absolute Gasteiger partial charge is 0.318 e. The molecule has 0 spiro atoms. The molecule has 1 saturated carbocycles. The fourth-order valence-electron chi connectivity index (χ4n) is 3.67. The standard InChI is InChI=1S/C23H25NO4/c1-2-13-24(14-16-11-12-16)21(25)15-27-23(26)22-17-7-3-5-9-19(17)28-20-10-6-4-8-18(20)22/h3-10,16,22H,2,11-15H2,1H3. The number of hydrogen-bond acceptors (Lipinski definition) is 4. The second-order valence-corrected chi connectivity index (χ2v) is 7.50. The van der Waals surface area contributed by atoms with Gasteiger partial charge in [-0.2, -0.15) is 0 Å². The minimum Gasteiger partial charge on any atom is -0.457 e. The Kier molecular flexibility index (Phi) is 5.33. The quantitative estimate of drug-likeness (QED) is 0.679. The van der Waals surface area contributed by atoms with Crippen LogP contribution in [0.2, 0.25) is 0 Å². The molecule has 1 heterocycles. The van der Waals surface area contributed by atoms with Crippen molar-refractivity contribution in [1.29, 1.82) is 0 Å². The van der Waals surface area contributed by atoms with Crippen LogP contribution in [0.25, 0.3) is 0 Å². The van der Waals surface area contributed by atoms with Crippen molar-refractivity contribution in [1.82, 2.24) is 4.90 Å². The lowest BCUT2D eigenvalue weighted by atomic mass is 9.88. The third-order valence-corrected chi connectivity index (χ3v) is 5.28. The summed E-state index contributed by atoms with van der Waals surface area (Å²) in [4.78, 5) is 27.4. The maximum Gasteiger partial charge on any atom is 0.318 e. The number of rotatable bonds is 7. The maximum absolute atomic E-state index is 13.0. The van der Waals surface area contributed by atoms with E-state index in [4.69, 9.17) is 9.47 Å². The third kappa shape index (κ3) is 3.88. The van der Waals surface area contributed by atoms with Gasteiger partial charge in [-0.1, -0.05) is 43.3 Å². The molecule has 1 amide bonds.